The van der Waals surface area contributed by atoms with Crippen molar-refractivity contribution in [3.8, 4) is 11.1 Å². The van der Waals surface area contributed by atoms with E-state index in [1.54, 1.807) is 30.1 Å². The maximum atomic E-state index is 13.1. The minimum Gasteiger partial charge on any atom is -0.361 e. The van der Waals surface area contributed by atoms with Crippen LogP contribution in [0, 0.1) is 19.3 Å². The highest BCUT2D eigenvalue weighted by atomic mass is 32.1. The minimum atomic E-state index is -0.644. The number of thiophene rings is 1. The molecule has 1 aliphatic rings. The summed E-state index contributed by atoms with van der Waals surface area (Å²) in [5.74, 6) is 0.406. The minimum absolute atomic E-state index is 0.00553. The maximum Gasteiger partial charge on any atom is 0.259 e. The molecular formula is C24H27N3O3S. The summed E-state index contributed by atoms with van der Waals surface area (Å²) in [6.07, 6.45) is 1.22. The van der Waals surface area contributed by atoms with E-state index in [4.69, 9.17) is 4.52 Å². The Hall–Kier alpha value is -2.93. The molecule has 1 N–H and O–H groups in total. The summed E-state index contributed by atoms with van der Waals surface area (Å²) in [6.45, 7) is 6.92. The Morgan fingerprint density at radius 3 is 2.58 bits per heavy atom. The van der Waals surface area contributed by atoms with Gasteiger partial charge in [-0.05, 0) is 67.1 Å². The Kier molecular flexibility index (Phi) is 5.96. The van der Waals surface area contributed by atoms with Gasteiger partial charge in [-0.25, -0.2) is 0 Å². The summed E-state index contributed by atoms with van der Waals surface area (Å²) < 4.78 is 5.18. The van der Waals surface area contributed by atoms with E-state index in [0.29, 0.717) is 49.5 Å². The Morgan fingerprint density at radius 2 is 1.97 bits per heavy atom. The van der Waals surface area contributed by atoms with Gasteiger partial charge in [0, 0.05) is 19.6 Å². The van der Waals surface area contributed by atoms with Gasteiger partial charge in [0.25, 0.3) is 5.91 Å². The highest BCUT2D eigenvalue weighted by Gasteiger charge is 2.46. The zero-order valence-corrected chi connectivity index (χ0v) is 18.9. The van der Waals surface area contributed by atoms with Crippen molar-refractivity contribution in [2.45, 2.75) is 33.6 Å². The summed E-state index contributed by atoms with van der Waals surface area (Å²) in [5, 5.41) is 11.1. The number of nitrogens with one attached hydrogen (secondary N) is 1. The van der Waals surface area contributed by atoms with Gasteiger partial charge in [-0.2, -0.15) is 11.3 Å². The number of carbonyl (C=O) groups is 2. The van der Waals surface area contributed by atoms with Crippen molar-refractivity contribution in [2.24, 2.45) is 5.41 Å². The Labute approximate surface area is 186 Å². The van der Waals surface area contributed by atoms with E-state index in [-0.39, 0.29) is 11.8 Å². The lowest BCUT2D eigenvalue weighted by Crippen LogP contribution is -2.45. The molecular weight excluding hydrogens is 410 g/mol. The number of nitrogens with zero attached hydrogens (tertiary/aromatic N) is 2. The topological polar surface area (TPSA) is 75.4 Å². The standard InChI is InChI=1S/C24H27N3O3S/c1-4-25-23(29)24(13-18-5-7-19(8-6-18)20-9-12-31-14-20)10-11-27(15-24)22(28)21-16(2)26-30-17(21)3/h5-9,12,14H,4,10-11,13,15H2,1-3H3,(H,25,29)/t24-/m1/s1. The molecule has 162 valence electrons. The number of likely N-dealkylation sites (tertiary alicyclic amines) is 1. The third kappa shape index (κ3) is 4.14. The van der Waals surface area contributed by atoms with Crippen LogP contribution in [0.1, 0.15) is 40.7 Å². The third-order valence-corrected chi connectivity index (χ3v) is 6.74. The maximum absolute atomic E-state index is 13.1. The van der Waals surface area contributed by atoms with E-state index in [9.17, 15) is 9.59 Å². The molecule has 1 fully saturated rings. The van der Waals surface area contributed by atoms with Crippen LogP contribution in [0.5, 0.6) is 0 Å². The first-order chi connectivity index (χ1) is 14.9. The van der Waals surface area contributed by atoms with Crippen LogP contribution in [0.15, 0.2) is 45.6 Å². The molecule has 0 aliphatic carbocycles. The highest BCUT2D eigenvalue weighted by molar-refractivity contribution is 7.08. The summed E-state index contributed by atoms with van der Waals surface area (Å²) in [4.78, 5) is 28.0. The van der Waals surface area contributed by atoms with Crippen LogP contribution in [-0.4, -0.2) is 41.5 Å². The van der Waals surface area contributed by atoms with Crippen molar-refractivity contribution in [1.29, 1.82) is 0 Å². The van der Waals surface area contributed by atoms with Crippen molar-refractivity contribution >= 4 is 23.2 Å². The van der Waals surface area contributed by atoms with Crippen molar-refractivity contribution in [3.05, 3.63) is 63.7 Å². The van der Waals surface area contributed by atoms with Crippen molar-refractivity contribution in [2.75, 3.05) is 19.6 Å². The van der Waals surface area contributed by atoms with Gasteiger partial charge >= 0.3 is 0 Å². The second-order valence-corrected chi connectivity index (χ2v) is 8.98. The van der Waals surface area contributed by atoms with E-state index in [2.05, 4.69) is 51.6 Å². The molecule has 1 aliphatic heterocycles. The molecule has 7 heteroatoms. The lowest BCUT2D eigenvalue weighted by molar-refractivity contribution is -0.130. The lowest BCUT2D eigenvalue weighted by Gasteiger charge is -2.28. The van der Waals surface area contributed by atoms with Gasteiger partial charge in [0.2, 0.25) is 5.91 Å². The Balaban J connectivity index is 1.57. The number of aromatic nitrogens is 1. The molecule has 31 heavy (non-hydrogen) atoms. The molecule has 0 saturated carbocycles. The molecule has 0 radical (unpaired) electrons. The molecule has 1 saturated heterocycles. The van der Waals surface area contributed by atoms with Crippen LogP contribution < -0.4 is 5.32 Å². The van der Waals surface area contributed by atoms with Gasteiger partial charge in [-0.15, -0.1) is 0 Å². The molecule has 2 aromatic heterocycles. The molecule has 0 bridgehead atoms. The first-order valence-electron chi connectivity index (χ1n) is 10.6. The Morgan fingerprint density at radius 1 is 1.19 bits per heavy atom. The fourth-order valence-electron chi connectivity index (χ4n) is 4.38. The average Bonchev–Trinajstić information content (AvgIpc) is 3.50. The zero-order valence-electron chi connectivity index (χ0n) is 18.1. The first-order valence-corrected chi connectivity index (χ1v) is 11.5. The second kappa shape index (κ2) is 8.67. The molecule has 0 unspecified atom stereocenters. The third-order valence-electron chi connectivity index (χ3n) is 6.06. The monoisotopic (exact) mass is 437 g/mol. The molecule has 3 heterocycles. The second-order valence-electron chi connectivity index (χ2n) is 8.20. The molecule has 6 nitrogen and oxygen atoms in total. The van der Waals surface area contributed by atoms with E-state index >= 15 is 0 Å². The number of hydrogen-bond acceptors (Lipinski definition) is 5. The highest BCUT2D eigenvalue weighted by Crippen LogP contribution is 2.36. The quantitative estimate of drug-likeness (QED) is 0.626. The first kappa shape index (κ1) is 21.3. The fourth-order valence-corrected chi connectivity index (χ4v) is 5.05. The number of rotatable bonds is 6. The smallest absolute Gasteiger partial charge is 0.259 e. The fraction of sp³-hybridized carbons (Fsp3) is 0.375. The summed E-state index contributed by atoms with van der Waals surface area (Å²) in [7, 11) is 0. The number of carbonyl (C=O) groups excluding carboxylic acids is 2. The van der Waals surface area contributed by atoms with E-state index in [1.165, 1.54) is 11.1 Å². The van der Waals surface area contributed by atoms with Crippen LogP contribution in [0.25, 0.3) is 11.1 Å². The van der Waals surface area contributed by atoms with Gasteiger partial charge < -0.3 is 14.7 Å². The van der Waals surface area contributed by atoms with Gasteiger partial charge in [0.05, 0.1) is 11.1 Å². The molecule has 3 aromatic rings. The van der Waals surface area contributed by atoms with Crippen LogP contribution in [0.4, 0.5) is 0 Å². The van der Waals surface area contributed by atoms with Gasteiger partial charge in [0.1, 0.15) is 11.3 Å². The van der Waals surface area contributed by atoms with Crippen molar-refractivity contribution in [1.82, 2.24) is 15.4 Å². The van der Waals surface area contributed by atoms with E-state index < -0.39 is 5.41 Å². The van der Waals surface area contributed by atoms with Gasteiger partial charge in [-0.1, -0.05) is 29.4 Å². The molecule has 0 spiro atoms. The predicted molar refractivity (Wildman–Crippen MR) is 121 cm³/mol. The number of aryl methyl sites for hydroxylation is 2. The van der Waals surface area contributed by atoms with E-state index in [0.717, 1.165) is 5.56 Å². The number of amides is 2. The number of benzene rings is 1. The molecule has 1 aromatic carbocycles. The predicted octanol–water partition coefficient (Wildman–Crippen LogP) is 4.23. The van der Waals surface area contributed by atoms with Crippen molar-refractivity contribution in [3.63, 3.8) is 0 Å². The summed E-state index contributed by atoms with van der Waals surface area (Å²) >= 11 is 1.68. The Bertz CT molecular complexity index is 1050. The van der Waals surface area contributed by atoms with Crippen LogP contribution >= 0.6 is 11.3 Å². The number of hydrogen-bond donors (Lipinski definition) is 1. The van der Waals surface area contributed by atoms with Crippen molar-refractivity contribution < 1.29 is 14.1 Å². The van der Waals surface area contributed by atoms with Crippen LogP contribution in [0.2, 0.25) is 0 Å². The van der Waals surface area contributed by atoms with E-state index in [1.807, 2.05) is 6.92 Å². The average molecular weight is 438 g/mol. The largest absolute Gasteiger partial charge is 0.361 e. The summed E-state index contributed by atoms with van der Waals surface area (Å²) in [6, 6.07) is 10.5. The van der Waals surface area contributed by atoms with Crippen LogP contribution in [0.3, 0.4) is 0 Å². The molecule has 1 atom stereocenters. The molecule has 2 amide bonds. The molecule has 4 rings (SSSR count). The normalized spacial score (nSPS) is 18.4. The van der Waals surface area contributed by atoms with Gasteiger partial charge in [-0.3, -0.25) is 9.59 Å². The lowest BCUT2D eigenvalue weighted by atomic mass is 9.79. The van der Waals surface area contributed by atoms with Gasteiger partial charge in [0.15, 0.2) is 0 Å². The van der Waals surface area contributed by atoms with Crippen LogP contribution in [-0.2, 0) is 11.2 Å². The SMILES string of the molecule is CCNC(=O)[C@@]1(Cc2ccc(-c3ccsc3)cc2)CCN(C(=O)c2c(C)noc2C)C1. The summed E-state index contributed by atoms with van der Waals surface area (Å²) in [5.41, 5.74) is 3.91. The zero-order chi connectivity index (χ0) is 22.0.